The van der Waals surface area contributed by atoms with Crippen LogP contribution >= 0.6 is 0 Å². The number of carbonyl (C=O) groups is 1. The molecule has 0 N–H and O–H groups in total. The number of ether oxygens (including phenoxy) is 1. The summed E-state index contributed by atoms with van der Waals surface area (Å²) in [4.78, 5) is 12.1. The van der Waals surface area contributed by atoms with Gasteiger partial charge >= 0.3 is 6.18 Å². The van der Waals surface area contributed by atoms with E-state index in [0.29, 0.717) is 38.1 Å². The van der Waals surface area contributed by atoms with Gasteiger partial charge in [-0.2, -0.15) is 13.2 Å². The Kier molecular flexibility index (Phi) is 3.97. The van der Waals surface area contributed by atoms with E-state index in [2.05, 4.69) is 0 Å². The first kappa shape index (κ1) is 13.7. The number of hydrogen-bond donors (Lipinski definition) is 0. The molecule has 0 spiro atoms. The van der Waals surface area contributed by atoms with Crippen LogP contribution in [-0.2, 0) is 15.7 Å². The maximum absolute atomic E-state index is 12.6. The van der Waals surface area contributed by atoms with Gasteiger partial charge in [-0.15, -0.1) is 0 Å². The van der Waals surface area contributed by atoms with Gasteiger partial charge in [0.25, 0.3) is 6.47 Å². The van der Waals surface area contributed by atoms with Crippen LogP contribution in [0.15, 0.2) is 24.3 Å². The van der Waals surface area contributed by atoms with Gasteiger partial charge < -0.3 is 9.64 Å². The van der Waals surface area contributed by atoms with E-state index in [-0.39, 0.29) is 6.10 Å². The van der Waals surface area contributed by atoms with Gasteiger partial charge in [-0.25, -0.2) is 0 Å². The molecule has 1 aromatic rings. The summed E-state index contributed by atoms with van der Waals surface area (Å²) in [6.07, 6.45) is -3.18. The van der Waals surface area contributed by atoms with Gasteiger partial charge in [0.15, 0.2) is 0 Å². The average molecular weight is 273 g/mol. The van der Waals surface area contributed by atoms with Crippen LogP contribution in [0.1, 0.15) is 18.4 Å². The third-order valence-electron chi connectivity index (χ3n) is 3.23. The minimum atomic E-state index is -4.32. The molecule has 0 unspecified atom stereocenters. The van der Waals surface area contributed by atoms with Crippen LogP contribution in [0, 0.1) is 0 Å². The van der Waals surface area contributed by atoms with Crippen LogP contribution < -0.4 is 4.90 Å². The molecule has 1 heterocycles. The Bertz CT molecular complexity index is 440. The van der Waals surface area contributed by atoms with E-state index in [4.69, 9.17) is 4.74 Å². The number of piperidine rings is 1. The summed E-state index contributed by atoms with van der Waals surface area (Å²) in [6.45, 7) is 1.59. The standard InChI is InChI=1S/C13H14F3NO2/c14-13(15,16)10-2-1-3-11(8-10)17-6-4-12(5-7-17)19-9-18/h1-3,8-9,12H,4-7H2. The highest BCUT2D eigenvalue weighted by molar-refractivity contribution is 5.49. The fraction of sp³-hybridized carbons (Fsp3) is 0.462. The summed E-state index contributed by atoms with van der Waals surface area (Å²) in [5, 5.41) is 0. The van der Waals surface area contributed by atoms with E-state index in [1.807, 2.05) is 4.90 Å². The molecule has 0 bridgehead atoms. The predicted molar refractivity (Wildman–Crippen MR) is 63.8 cm³/mol. The van der Waals surface area contributed by atoms with Crippen LogP contribution in [0.5, 0.6) is 0 Å². The van der Waals surface area contributed by atoms with E-state index >= 15 is 0 Å². The lowest BCUT2D eigenvalue weighted by Gasteiger charge is -2.32. The Labute approximate surface area is 109 Å². The molecular weight excluding hydrogens is 259 g/mol. The second kappa shape index (κ2) is 5.50. The van der Waals surface area contributed by atoms with Crippen LogP contribution in [0.4, 0.5) is 18.9 Å². The Hall–Kier alpha value is -1.72. The number of rotatable bonds is 3. The number of hydrogen-bond acceptors (Lipinski definition) is 3. The van der Waals surface area contributed by atoms with Crippen molar-refractivity contribution in [1.82, 2.24) is 0 Å². The molecule has 0 aromatic heterocycles. The molecule has 3 nitrogen and oxygen atoms in total. The summed E-state index contributed by atoms with van der Waals surface area (Å²) >= 11 is 0. The minimum Gasteiger partial charge on any atom is -0.464 e. The lowest BCUT2D eigenvalue weighted by Crippen LogP contribution is -2.37. The van der Waals surface area contributed by atoms with Crippen molar-refractivity contribution < 1.29 is 22.7 Å². The molecule has 2 rings (SSSR count). The van der Waals surface area contributed by atoms with E-state index < -0.39 is 11.7 Å². The third kappa shape index (κ3) is 3.39. The van der Waals surface area contributed by atoms with Crippen molar-refractivity contribution in [2.75, 3.05) is 18.0 Å². The highest BCUT2D eigenvalue weighted by Crippen LogP contribution is 2.32. The molecule has 1 aliphatic heterocycles. The first-order chi connectivity index (χ1) is 9.00. The molecule has 0 amide bonds. The number of halogens is 3. The van der Waals surface area contributed by atoms with E-state index in [0.717, 1.165) is 12.1 Å². The first-order valence-electron chi connectivity index (χ1n) is 6.02. The molecule has 0 radical (unpaired) electrons. The normalized spacial score (nSPS) is 17.3. The molecule has 6 heteroatoms. The largest absolute Gasteiger partial charge is 0.464 e. The highest BCUT2D eigenvalue weighted by Gasteiger charge is 2.31. The number of alkyl halides is 3. The van der Waals surface area contributed by atoms with Crippen molar-refractivity contribution in [3.63, 3.8) is 0 Å². The van der Waals surface area contributed by atoms with E-state index in [1.54, 1.807) is 6.07 Å². The van der Waals surface area contributed by atoms with Gasteiger partial charge in [-0.3, -0.25) is 4.79 Å². The van der Waals surface area contributed by atoms with Crippen molar-refractivity contribution in [3.05, 3.63) is 29.8 Å². The number of benzene rings is 1. The Balaban J connectivity index is 2.05. The fourth-order valence-corrected chi connectivity index (χ4v) is 2.21. The monoisotopic (exact) mass is 273 g/mol. The first-order valence-corrected chi connectivity index (χ1v) is 6.02. The van der Waals surface area contributed by atoms with E-state index in [9.17, 15) is 18.0 Å². The molecule has 104 valence electrons. The van der Waals surface area contributed by atoms with Crippen LogP contribution in [0.3, 0.4) is 0 Å². The lowest BCUT2D eigenvalue weighted by atomic mass is 10.1. The summed E-state index contributed by atoms with van der Waals surface area (Å²) in [7, 11) is 0. The Morgan fingerprint density at radius 2 is 1.95 bits per heavy atom. The SMILES string of the molecule is O=COC1CCN(c2cccc(C(F)(F)F)c2)CC1. The van der Waals surface area contributed by atoms with Gasteiger partial charge in [0.05, 0.1) is 5.56 Å². The van der Waals surface area contributed by atoms with Crippen LogP contribution in [0.25, 0.3) is 0 Å². The lowest BCUT2D eigenvalue weighted by molar-refractivity contribution is -0.137. The third-order valence-corrected chi connectivity index (χ3v) is 3.23. The van der Waals surface area contributed by atoms with Gasteiger partial charge in [0, 0.05) is 31.6 Å². The van der Waals surface area contributed by atoms with Gasteiger partial charge in [0.1, 0.15) is 6.10 Å². The molecule has 1 aliphatic rings. The smallest absolute Gasteiger partial charge is 0.416 e. The minimum absolute atomic E-state index is 0.125. The second-order valence-electron chi connectivity index (χ2n) is 4.47. The summed E-state index contributed by atoms with van der Waals surface area (Å²) in [5.41, 5.74) is -0.0874. The highest BCUT2D eigenvalue weighted by atomic mass is 19.4. The zero-order valence-electron chi connectivity index (χ0n) is 10.2. The molecule has 1 saturated heterocycles. The number of nitrogens with zero attached hydrogens (tertiary/aromatic N) is 1. The number of carbonyl (C=O) groups excluding carboxylic acids is 1. The van der Waals surface area contributed by atoms with Crippen molar-refractivity contribution in [3.8, 4) is 0 Å². The zero-order chi connectivity index (χ0) is 13.9. The van der Waals surface area contributed by atoms with Gasteiger partial charge in [-0.05, 0) is 18.2 Å². The van der Waals surface area contributed by atoms with E-state index in [1.165, 1.54) is 6.07 Å². The molecular formula is C13H14F3NO2. The molecule has 0 atom stereocenters. The molecule has 1 fully saturated rings. The maximum Gasteiger partial charge on any atom is 0.416 e. The predicted octanol–water partition coefficient (Wildman–Crippen LogP) is 2.85. The van der Waals surface area contributed by atoms with Crippen LogP contribution in [0.2, 0.25) is 0 Å². The molecule has 0 aliphatic carbocycles. The Morgan fingerprint density at radius 1 is 1.26 bits per heavy atom. The summed E-state index contributed by atoms with van der Waals surface area (Å²) < 4.78 is 42.7. The van der Waals surface area contributed by atoms with Gasteiger partial charge in [-0.1, -0.05) is 6.07 Å². The van der Waals surface area contributed by atoms with Gasteiger partial charge in [0.2, 0.25) is 0 Å². The van der Waals surface area contributed by atoms with Crippen molar-refractivity contribution in [2.24, 2.45) is 0 Å². The Morgan fingerprint density at radius 3 is 2.53 bits per heavy atom. The van der Waals surface area contributed by atoms with Crippen LogP contribution in [-0.4, -0.2) is 25.7 Å². The second-order valence-corrected chi connectivity index (χ2v) is 4.47. The quantitative estimate of drug-likeness (QED) is 0.793. The molecule has 1 aromatic carbocycles. The number of anilines is 1. The molecule has 0 saturated carbocycles. The average Bonchev–Trinajstić information content (AvgIpc) is 2.39. The fourth-order valence-electron chi connectivity index (χ4n) is 2.21. The topological polar surface area (TPSA) is 29.5 Å². The zero-order valence-corrected chi connectivity index (χ0v) is 10.2. The maximum atomic E-state index is 12.6. The van der Waals surface area contributed by atoms with Crippen molar-refractivity contribution >= 4 is 12.2 Å². The van der Waals surface area contributed by atoms with Crippen molar-refractivity contribution in [1.29, 1.82) is 0 Å². The summed E-state index contributed by atoms with van der Waals surface area (Å²) in [5.74, 6) is 0. The molecule has 19 heavy (non-hydrogen) atoms. The van der Waals surface area contributed by atoms with Crippen molar-refractivity contribution in [2.45, 2.75) is 25.1 Å². The summed E-state index contributed by atoms with van der Waals surface area (Å²) in [6, 6.07) is 5.29.